The van der Waals surface area contributed by atoms with Gasteiger partial charge in [-0.15, -0.1) is 5.10 Å². The highest BCUT2D eigenvalue weighted by Gasteiger charge is 2.26. The molecule has 9 nitrogen and oxygen atoms in total. The zero-order valence-corrected chi connectivity index (χ0v) is 17.1. The molecule has 0 saturated carbocycles. The number of ether oxygens (including phenoxy) is 2. The maximum absolute atomic E-state index is 12.4. The summed E-state index contributed by atoms with van der Waals surface area (Å²) in [6.45, 7) is 7.05. The molecular weight excluding hydrogens is 384 g/mol. The summed E-state index contributed by atoms with van der Waals surface area (Å²) >= 11 is 0. The lowest BCUT2D eigenvalue weighted by Gasteiger charge is -2.35. The maximum Gasteiger partial charge on any atom is 0.254 e. The second-order valence-corrected chi connectivity index (χ2v) is 7.64. The number of hydrogen-bond donors (Lipinski definition) is 0. The zero-order chi connectivity index (χ0) is 20.7. The standard InChI is InChI=1S/C21H24N6O3/c1-3-14(2)19(28)25-8-10-26(11-9-25)21-23-20-22-7-6-16(27(20)24-21)15-4-5-17-18(12-15)30-13-29-17/h4-7,12,14H,3,8-11,13H2,1-2H3. The van der Waals surface area contributed by atoms with Crippen LogP contribution in [0.4, 0.5) is 5.95 Å². The van der Waals surface area contributed by atoms with Crippen molar-refractivity contribution in [1.29, 1.82) is 0 Å². The second kappa shape index (κ2) is 7.47. The highest BCUT2D eigenvalue weighted by Crippen LogP contribution is 2.35. The summed E-state index contributed by atoms with van der Waals surface area (Å²) < 4.78 is 12.7. The Morgan fingerprint density at radius 3 is 2.73 bits per heavy atom. The molecule has 5 rings (SSSR count). The Bertz CT molecular complexity index is 1090. The molecule has 1 fully saturated rings. The third kappa shape index (κ3) is 3.20. The number of fused-ring (bicyclic) bond motifs is 2. The largest absolute Gasteiger partial charge is 0.454 e. The molecular formula is C21H24N6O3. The Morgan fingerprint density at radius 1 is 1.13 bits per heavy atom. The average molecular weight is 408 g/mol. The molecule has 2 aromatic heterocycles. The van der Waals surface area contributed by atoms with Crippen LogP contribution in [0.3, 0.4) is 0 Å². The normalized spacial score (nSPS) is 16.9. The van der Waals surface area contributed by atoms with Crippen molar-refractivity contribution in [2.45, 2.75) is 20.3 Å². The number of benzene rings is 1. The van der Waals surface area contributed by atoms with E-state index < -0.39 is 0 Å². The number of carbonyl (C=O) groups is 1. The van der Waals surface area contributed by atoms with Gasteiger partial charge in [0.05, 0.1) is 5.69 Å². The van der Waals surface area contributed by atoms with Gasteiger partial charge in [-0.2, -0.15) is 9.50 Å². The number of rotatable bonds is 4. The lowest BCUT2D eigenvalue weighted by atomic mass is 10.1. The summed E-state index contributed by atoms with van der Waals surface area (Å²) in [5, 5.41) is 4.72. The third-order valence-electron chi connectivity index (χ3n) is 5.81. The van der Waals surface area contributed by atoms with E-state index in [0.717, 1.165) is 29.2 Å². The first kappa shape index (κ1) is 18.7. The molecule has 156 valence electrons. The smallest absolute Gasteiger partial charge is 0.254 e. The van der Waals surface area contributed by atoms with E-state index in [1.54, 1.807) is 10.7 Å². The van der Waals surface area contributed by atoms with Gasteiger partial charge in [-0.1, -0.05) is 13.8 Å². The van der Waals surface area contributed by atoms with Crippen LogP contribution in [-0.2, 0) is 4.79 Å². The third-order valence-corrected chi connectivity index (χ3v) is 5.81. The minimum Gasteiger partial charge on any atom is -0.454 e. The van der Waals surface area contributed by atoms with Crippen LogP contribution in [0.25, 0.3) is 17.0 Å². The van der Waals surface area contributed by atoms with Gasteiger partial charge in [-0.3, -0.25) is 4.79 Å². The highest BCUT2D eigenvalue weighted by molar-refractivity contribution is 5.78. The van der Waals surface area contributed by atoms with Crippen molar-refractivity contribution in [2.75, 3.05) is 37.9 Å². The molecule has 0 N–H and O–H groups in total. The van der Waals surface area contributed by atoms with Gasteiger partial charge in [0.25, 0.3) is 5.78 Å². The average Bonchev–Trinajstić information content (AvgIpc) is 3.44. The van der Waals surface area contributed by atoms with Crippen LogP contribution in [0.2, 0.25) is 0 Å². The number of nitrogens with zero attached hydrogens (tertiary/aromatic N) is 6. The van der Waals surface area contributed by atoms with E-state index in [4.69, 9.17) is 14.6 Å². The van der Waals surface area contributed by atoms with E-state index in [2.05, 4.69) is 14.9 Å². The Morgan fingerprint density at radius 2 is 1.93 bits per heavy atom. The molecule has 0 spiro atoms. The fraction of sp³-hybridized carbons (Fsp3) is 0.429. The van der Waals surface area contributed by atoms with Gasteiger partial charge in [0, 0.05) is 43.9 Å². The van der Waals surface area contributed by atoms with E-state index in [-0.39, 0.29) is 18.6 Å². The first-order valence-corrected chi connectivity index (χ1v) is 10.3. The Hall–Kier alpha value is -3.36. The molecule has 1 atom stereocenters. The molecule has 1 amide bonds. The quantitative estimate of drug-likeness (QED) is 0.654. The SMILES string of the molecule is CCC(C)C(=O)N1CCN(c2nc3nccc(-c4ccc5c(c4)OCO5)n3n2)CC1. The van der Waals surface area contributed by atoms with Crippen LogP contribution < -0.4 is 14.4 Å². The maximum atomic E-state index is 12.4. The van der Waals surface area contributed by atoms with Gasteiger partial charge in [0.15, 0.2) is 11.5 Å². The lowest BCUT2D eigenvalue weighted by Crippen LogP contribution is -2.50. The van der Waals surface area contributed by atoms with Crippen molar-refractivity contribution in [3.63, 3.8) is 0 Å². The molecule has 0 radical (unpaired) electrons. The Balaban J connectivity index is 1.39. The molecule has 3 aromatic rings. The van der Waals surface area contributed by atoms with Crippen LogP contribution in [0.5, 0.6) is 11.5 Å². The second-order valence-electron chi connectivity index (χ2n) is 7.64. The molecule has 4 heterocycles. The summed E-state index contributed by atoms with van der Waals surface area (Å²) in [7, 11) is 0. The fourth-order valence-corrected chi connectivity index (χ4v) is 3.81. The van der Waals surface area contributed by atoms with E-state index in [9.17, 15) is 4.79 Å². The molecule has 1 unspecified atom stereocenters. The lowest BCUT2D eigenvalue weighted by molar-refractivity contribution is -0.135. The number of amides is 1. The van der Waals surface area contributed by atoms with Crippen molar-refractivity contribution in [1.82, 2.24) is 24.5 Å². The van der Waals surface area contributed by atoms with Gasteiger partial charge >= 0.3 is 0 Å². The topological polar surface area (TPSA) is 85.1 Å². The molecule has 0 bridgehead atoms. The van der Waals surface area contributed by atoms with E-state index in [1.165, 1.54) is 0 Å². The van der Waals surface area contributed by atoms with Gasteiger partial charge < -0.3 is 19.3 Å². The number of piperazine rings is 1. The van der Waals surface area contributed by atoms with Crippen molar-refractivity contribution >= 4 is 17.6 Å². The number of hydrogen-bond acceptors (Lipinski definition) is 7. The minimum atomic E-state index is 0.0679. The van der Waals surface area contributed by atoms with Gasteiger partial charge in [-0.25, -0.2) is 4.98 Å². The fourth-order valence-electron chi connectivity index (χ4n) is 3.81. The van der Waals surface area contributed by atoms with Crippen molar-refractivity contribution in [3.05, 3.63) is 30.5 Å². The van der Waals surface area contributed by atoms with E-state index in [1.807, 2.05) is 43.0 Å². The van der Waals surface area contributed by atoms with Gasteiger partial charge in [0.1, 0.15) is 0 Å². The number of carbonyl (C=O) groups excluding carboxylic acids is 1. The van der Waals surface area contributed by atoms with Crippen LogP contribution in [0.15, 0.2) is 30.5 Å². The van der Waals surface area contributed by atoms with Gasteiger partial charge in [0.2, 0.25) is 18.6 Å². The molecule has 30 heavy (non-hydrogen) atoms. The van der Waals surface area contributed by atoms with Gasteiger partial charge in [-0.05, 0) is 30.7 Å². The van der Waals surface area contributed by atoms with Crippen LogP contribution in [0, 0.1) is 5.92 Å². The molecule has 9 heteroatoms. The summed E-state index contributed by atoms with van der Waals surface area (Å²) in [6.07, 6.45) is 2.60. The summed E-state index contributed by atoms with van der Waals surface area (Å²) in [6, 6.07) is 7.72. The molecule has 1 saturated heterocycles. The van der Waals surface area contributed by atoms with E-state index >= 15 is 0 Å². The first-order valence-electron chi connectivity index (χ1n) is 10.3. The molecule has 0 aliphatic carbocycles. The van der Waals surface area contributed by atoms with E-state index in [0.29, 0.717) is 37.9 Å². The van der Waals surface area contributed by atoms with Crippen LogP contribution in [-0.4, -0.2) is 63.4 Å². The molecule has 2 aliphatic rings. The summed E-state index contributed by atoms with van der Waals surface area (Å²) in [4.78, 5) is 25.5. The highest BCUT2D eigenvalue weighted by atomic mass is 16.7. The van der Waals surface area contributed by atoms with Crippen molar-refractivity contribution in [3.8, 4) is 22.8 Å². The van der Waals surface area contributed by atoms with Crippen LogP contribution in [0.1, 0.15) is 20.3 Å². The van der Waals surface area contributed by atoms with Crippen LogP contribution >= 0.6 is 0 Å². The Labute approximate surface area is 174 Å². The van der Waals surface area contributed by atoms with Crippen molar-refractivity contribution < 1.29 is 14.3 Å². The monoisotopic (exact) mass is 408 g/mol. The van der Waals surface area contributed by atoms with Crippen molar-refractivity contribution in [2.24, 2.45) is 5.92 Å². The predicted octanol–water partition coefficient (Wildman–Crippen LogP) is 2.21. The molecule has 1 aromatic carbocycles. The Kier molecular flexibility index (Phi) is 4.65. The molecule has 2 aliphatic heterocycles. The summed E-state index contributed by atoms with van der Waals surface area (Å²) in [5.74, 6) is 2.93. The number of aromatic nitrogens is 4. The summed E-state index contributed by atoms with van der Waals surface area (Å²) in [5.41, 5.74) is 1.83. The minimum absolute atomic E-state index is 0.0679. The number of anilines is 1. The first-order chi connectivity index (χ1) is 14.6. The zero-order valence-electron chi connectivity index (χ0n) is 17.1. The predicted molar refractivity (Wildman–Crippen MR) is 111 cm³/mol.